The van der Waals surface area contributed by atoms with Crippen LogP contribution in [0.1, 0.15) is 46.0 Å². The van der Waals surface area contributed by atoms with Gasteiger partial charge in [-0.25, -0.2) is 0 Å². The molecule has 0 aliphatic carbocycles. The zero-order chi connectivity index (χ0) is 18.6. The van der Waals surface area contributed by atoms with E-state index in [9.17, 15) is 14.7 Å². The number of nitrogens with one attached hydrogen (secondary N) is 2. The van der Waals surface area contributed by atoms with Crippen molar-refractivity contribution in [1.82, 2.24) is 10.9 Å². The number of phenols is 1. The summed E-state index contributed by atoms with van der Waals surface area (Å²) >= 11 is 0. The Hall–Kier alpha value is -3.02. The normalized spacial score (nSPS) is 10.4. The van der Waals surface area contributed by atoms with E-state index in [1.807, 2.05) is 38.9 Å². The summed E-state index contributed by atoms with van der Waals surface area (Å²) < 4.78 is 0. The number of anilines is 1. The lowest BCUT2D eigenvalue weighted by Gasteiger charge is -2.14. The minimum atomic E-state index is -0.572. The van der Waals surface area contributed by atoms with Crippen molar-refractivity contribution >= 4 is 17.5 Å². The Labute approximate surface area is 147 Å². The van der Waals surface area contributed by atoms with Gasteiger partial charge in [0.15, 0.2) is 0 Å². The molecule has 0 aromatic heterocycles. The average Bonchev–Trinajstić information content (AvgIpc) is 2.59. The summed E-state index contributed by atoms with van der Waals surface area (Å²) in [6, 6.07) is 11.9. The van der Waals surface area contributed by atoms with Crippen LogP contribution in [0.2, 0.25) is 0 Å². The van der Waals surface area contributed by atoms with E-state index in [2.05, 4.69) is 10.9 Å². The Kier molecular flexibility index (Phi) is 5.64. The molecule has 0 saturated heterocycles. The van der Waals surface area contributed by atoms with Crippen LogP contribution in [-0.2, 0) is 0 Å². The fourth-order valence-corrected chi connectivity index (χ4v) is 2.27. The Balaban J connectivity index is 2.08. The highest BCUT2D eigenvalue weighted by atomic mass is 16.3. The number of hydrogen-bond acceptors (Lipinski definition) is 4. The van der Waals surface area contributed by atoms with E-state index in [4.69, 9.17) is 0 Å². The number of carbonyl (C=O) groups excluding carboxylic acids is 2. The van der Waals surface area contributed by atoms with Gasteiger partial charge >= 0.3 is 0 Å². The quantitative estimate of drug-likeness (QED) is 0.747. The fraction of sp³-hybridized carbons (Fsp3) is 0.263. The first-order valence-electron chi connectivity index (χ1n) is 8.00. The molecule has 0 aliphatic rings. The SMILES string of the molecule is CC(C)c1ccc(O)c(C(=O)NNC(=O)c2cccc(N(C)C)c2)c1. The van der Waals surface area contributed by atoms with Crippen LogP contribution in [0.3, 0.4) is 0 Å². The molecule has 132 valence electrons. The van der Waals surface area contributed by atoms with Crippen molar-refractivity contribution < 1.29 is 14.7 Å². The van der Waals surface area contributed by atoms with E-state index >= 15 is 0 Å². The number of rotatable bonds is 4. The molecule has 2 aromatic carbocycles. The van der Waals surface area contributed by atoms with Gasteiger partial charge in [-0.2, -0.15) is 0 Å². The smallest absolute Gasteiger partial charge is 0.273 e. The van der Waals surface area contributed by atoms with Crippen LogP contribution in [0.4, 0.5) is 5.69 Å². The molecule has 0 fully saturated rings. The molecule has 2 amide bonds. The van der Waals surface area contributed by atoms with Gasteiger partial charge in [0.2, 0.25) is 0 Å². The van der Waals surface area contributed by atoms with Gasteiger partial charge in [0.1, 0.15) is 5.75 Å². The van der Waals surface area contributed by atoms with Crippen LogP contribution in [0.15, 0.2) is 42.5 Å². The van der Waals surface area contributed by atoms with Gasteiger partial charge in [-0.3, -0.25) is 20.4 Å². The van der Waals surface area contributed by atoms with Gasteiger partial charge < -0.3 is 10.0 Å². The topological polar surface area (TPSA) is 81.7 Å². The van der Waals surface area contributed by atoms with Gasteiger partial charge in [-0.15, -0.1) is 0 Å². The third kappa shape index (κ3) is 4.50. The molecule has 0 radical (unpaired) electrons. The molecule has 0 heterocycles. The predicted molar refractivity (Wildman–Crippen MR) is 97.9 cm³/mol. The molecule has 2 aromatic rings. The molecule has 0 saturated carbocycles. The second kappa shape index (κ2) is 7.70. The van der Waals surface area contributed by atoms with E-state index in [0.717, 1.165) is 11.3 Å². The monoisotopic (exact) mass is 341 g/mol. The van der Waals surface area contributed by atoms with E-state index in [1.54, 1.807) is 30.3 Å². The largest absolute Gasteiger partial charge is 0.507 e. The first kappa shape index (κ1) is 18.3. The maximum absolute atomic E-state index is 12.3. The molecule has 6 heteroatoms. The lowest BCUT2D eigenvalue weighted by atomic mass is 10.00. The summed E-state index contributed by atoms with van der Waals surface area (Å²) in [5.74, 6) is -0.921. The van der Waals surface area contributed by atoms with E-state index in [-0.39, 0.29) is 17.2 Å². The van der Waals surface area contributed by atoms with Crippen LogP contribution in [0, 0.1) is 0 Å². The number of hydrazine groups is 1. The molecule has 25 heavy (non-hydrogen) atoms. The minimum absolute atomic E-state index is 0.119. The molecule has 0 unspecified atom stereocenters. The zero-order valence-corrected chi connectivity index (χ0v) is 14.8. The van der Waals surface area contributed by atoms with Crippen molar-refractivity contribution in [2.45, 2.75) is 19.8 Å². The van der Waals surface area contributed by atoms with Gasteiger partial charge in [-0.05, 0) is 41.8 Å². The highest BCUT2D eigenvalue weighted by Gasteiger charge is 2.15. The van der Waals surface area contributed by atoms with E-state index in [0.29, 0.717) is 5.56 Å². The van der Waals surface area contributed by atoms with Crippen LogP contribution >= 0.6 is 0 Å². The molecule has 0 atom stereocenters. The van der Waals surface area contributed by atoms with E-state index < -0.39 is 11.8 Å². The van der Waals surface area contributed by atoms with E-state index in [1.165, 1.54) is 6.07 Å². The summed E-state index contributed by atoms with van der Waals surface area (Å²) in [4.78, 5) is 26.3. The number of nitrogens with zero attached hydrogens (tertiary/aromatic N) is 1. The number of aromatic hydroxyl groups is 1. The lowest BCUT2D eigenvalue weighted by molar-refractivity contribution is 0.0845. The number of phenolic OH excluding ortho intramolecular Hbond substituents is 1. The summed E-state index contributed by atoms with van der Waals surface area (Å²) in [7, 11) is 3.76. The first-order valence-corrected chi connectivity index (χ1v) is 8.00. The summed E-state index contributed by atoms with van der Waals surface area (Å²) in [6.07, 6.45) is 0. The fourth-order valence-electron chi connectivity index (χ4n) is 2.27. The van der Waals surface area contributed by atoms with Crippen molar-refractivity contribution in [2.24, 2.45) is 0 Å². The maximum Gasteiger partial charge on any atom is 0.273 e. The molecule has 0 bridgehead atoms. The predicted octanol–water partition coefficient (Wildman–Crippen LogP) is 2.66. The third-order valence-corrected chi connectivity index (χ3v) is 3.85. The highest BCUT2D eigenvalue weighted by molar-refractivity contribution is 6.00. The van der Waals surface area contributed by atoms with Crippen molar-refractivity contribution in [2.75, 3.05) is 19.0 Å². The zero-order valence-electron chi connectivity index (χ0n) is 14.8. The summed E-state index contributed by atoms with van der Waals surface area (Å²) in [5, 5.41) is 9.89. The number of benzene rings is 2. The van der Waals surface area contributed by atoms with Crippen LogP contribution in [-0.4, -0.2) is 31.0 Å². The van der Waals surface area contributed by atoms with Gasteiger partial charge in [0, 0.05) is 25.3 Å². The molecule has 6 nitrogen and oxygen atoms in total. The number of hydrogen-bond donors (Lipinski definition) is 3. The summed E-state index contributed by atoms with van der Waals surface area (Å²) in [5.41, 5.74) is 7.05. The Bertz CT molecular complexity index is 785. The van der Waals surface area contributed by atoms with Crippen LogP contribution < -0.4 is 15.8 Å². The molecular weight excluding hydrogens is 318 g/mol. The number of amides is 2. The minimum Gasteiger partial charge on any atom is -0.507 e. The third-order valence-electron chi connectivity index (χ3n) is 3.85. The second-order valence-corrected chi connectivity index (χ2v) is 6.28. The Morgan fingerprint density at radius 1 is 1.00 bits per heavy atom. The Morgan fingerprint density at radius 3 is 2.32 bits per heavy atom. The standard InChI is InChI=1S/C19H23N3O3/c1-12(2)13-8-9-17(23)16(11-13)19(25)21-20-18(24)14-6-5-7-15(10-14)22(3)4/h5-12,23H,1-4H3,(H,20,24)(H,21,25). The molecule has 3 N–H and O–H groups in total. The summed E-state index contributed by atoms with van der Waals surface area (Å²) in [6.45, 7) is 3.99. The molecule has 0 spiro atoms. The van der Waals surface area contributed by atoms with Crippen molar-refractivity contribution in [3.63, 3.8) is 0 Å². The van der Waals surface area contributed by atoms with Crippen molar-refractivity contribution in [3.05, 3.63) is 59.2 Å². The average molecular weight is 341 g/mol. The number of carbonyl (C=O) groups is 2. The van der Waals surface area contributed by atoms with Crippen LogP contribution in [0.5, 0.6) is 5.75 Å². The maximum atomic E-state index is 12.3. The molecule has 0 aliphatic heterocycles. The highest BCUT2D eigenvalue weighted by Crippen LogP contribution is 2.23. The van der Waals surface area contributed by atoms with Gasteiger partial charge in [0.05, 0.1) is 5.56 Å². The van der Waals surface area contributed by atoms with Gasteiger partial charge in [-0.1, -0.05) is 26.0 Å². The first-order chi connectivity index (χ1) is 11.8. The van der Waals surface area contributed by atoms with Gasteiger partial charge in [0.25, 0.3) is 11.8 Å². The van der Waals surface area contributed by atoms with Crippen LogP contribution in [0.25, 0.3) is 0 Å². The lowest BCUT2D eigenvalue weighted by Crippen LogP contribution is -2.41. The molecular formula is C19H23N3O3. The second-order valence-electron chi connectivity index (χ2n) is 6.28. The Morgan fingerprint density at radius 2 is 1.68 bits per heavy atom. The molecule has 2 rings (SSSR count). The van der Waals surface area contributed by atoms with Crippen molar-refractivity contribution in [3.8, 4) is 5.75 Å². The van der Waals surface area contributed by atoms with Crippen molar-refractivity contribution in [1.29, 1.82) is 0 Å².